The molecule has 0 spiro atoms. The summed E-state index contributed by atoms with van der Waals surface area (Å²) < 4.78 is 5.56. The molecule has 0 saturated carbocycles. The highest BCUT2D eigenvalue weighted by atomic mass is 35.5. The molecule has 0 atom stereocenters. The third kappa shape index (κ3) is 4.26. The van der Waals surface area contributed by atoms with Crippen molar-refractivity contribution in [1.82, 2.24) is 9.97 Å². The van der Waals surface area contributed by atoms with Gasteiger partial charge in [-0.1, -0.05) is 60.1 Å². The van der Waals surface area contributed by atoms with Gasteiger partial charge in [-0.05, 0) is 37.3 Å². The van der Waals surface area contributed by atoms with Crippen LogP contribution in [0.4, 0.5) is 5.69 Å². The molecule has 6 aromatic rings. The van der Waals surface area contributed by atoms with Gasteiger partial charge < -0.3 is 15.5 Å². The maximum atomic E-state index is 13.7. The fourth-order valence-corrected chi connectivity index (χ4v) is 6.00. The Hall–Kier alpha value is -4.46. The second kappa shape index (κ2) is 10.0. The summed E-state index contributed by atoms with van der Waals surface area (Å²) in [5.41, 5.74) is 11.3. The normalized spacial score (nSPS) is 11.2. The molecule has 192 valence electrons. The van der Waals surface area contributed by atoms with Gasteiger partial charge in [-0.25, -0.2) is 9.78 Å². The molecule has 0 amide bonds. The van der Waals surface area contributed by atoms with Crippen LogP contribution >= 0.6 is 22.9 Å². The van der Waals surface area contributed by atoms with Gasteiger partial charge >= 0.3 is 5.97 Å². The number of thiophene rings is 1. The van der Waals surface area contributed by atoms with Crippen LogP contribution < -0.4 is 5.73 Å². The maximum absolute atomic E-state index is 13.7. The topological polar surface area (TPSA) is 98.1 Å². The molecule has 3 N–H and O–H groups in total. The quantitative estimate of drug-likeness (QED) is 0.163. The minimum Gasteiger partial charge on any atom is -0.462 e. The lowest BCUT2D eigenvalue weighted by atomic mass is 9.92. The number of pyridine rings is 1. The zero-order chi connectivity index (χ0) is 27.1. The number of carbonyl (C=O) groups excluding carboxylic acids is 2. The Balaban J connectivity index is 1.73. The molecule has 0 saturated heterocycles. The number of anilines is 1. The molecular formula is C31H22ClN3O3S. The predicted molar refractivity (Wildman–Crippen MR) is 158 cm³/mol. The Labute approximate surface area is 233 Å². The molecular weight excluding hydrogens is 530 g/mol. The fourth-order valence-electron chi connectivity index (χ4n) is 4.81. The Morgan fingerprint density at radius 2 is 1.72 bits per heavy atom. The first-order valence-electron chi connectivity index (χ1n) is 12.3. The van der Waals surface area contributed by atoms with Crippen molar-refractivity contribution in [3.63, 3.8) is 0 Å². The van der Waals surface area contributed by atoms with E-state index in [-0.39, 0.29) is 18.1 Å². The summed E-state index contributed by atoms with van der Waals surface area (Å²) in [7, 11) is 0. The number of hydrogen-bond acceptors (Lipinski definition) is 6. The molecule has 3 aromatic heterocycles. The highest BCUT2D eigenvalue weighted by molar-refractivity contribution is 7.21. The SMILES string of the molecule is CCOC(=O)c1c(-c2ccccc2)nc2sc(C(=O)c3ccc(Cl)cc3)c(N)c2c1-c1c[nH]c2ccccc12. The monoisotopic (exact) mass is 551 g/mol. The predicted octanol–water partition coefficient (Wildman–Crippen LogP) is 7.75. The highest BCUT2D eigenvalue weighted by Crippen LogP contribution is 2.46. The number of H-pyrrole nitrogens is 1. The number of nitrogens with two attached hydrogens (primary N) is 1. The number of para-hydroxylation sites is 1. The lowest BCUT2D eigenvalue weighted by molar-refractivity contribution is 0.0528. The van der Waals surface area contributed by atoms with Crippen LogP contribution in [0.2, 0.25) is 5.02 Å². The van der Waals surface area contributed by atoms with Gasteiger partial charge in [-0.3, -0.25) is 4.79 Å². The smallest absolute Gasteiger partial charge is 0.341 e. The molecule has 0 radical (unpaired) electrons. The lowest BCUT2D eigenvalue weighted by Crippen LogP contribution is -2.10. The summed E-state index contributed by atoms with van der Waals surface area (Å²) >= 11 is 7.25. The third-order valence-electron chi connectivity index (χ3n) is 6.57. The van der Waals surface area contributed by atoms with E-state index in [0.29, 0.717) is 42.5 Å². The number of nitrogens with one attached hydrogen (secondary N) is 1. The number of aromatic nitrogens is 2. The molecule has 39 heavy (non-hydrogen) atoms. The number of rotatable bonds is 6. The standard InChI is InChI=1S/C31H22ClN3O3S/c1-2-38-31(37)25-23(21-16-34-22-11-7-6-10-20(21)22)24-26(33)29(28(36)18-12-14-19(32)15-13-18)39-30(24)35-27(25)17-8-4-3-5-9-17/h3-16,34H,2,33H2,1H3. The number of esters is 1. The minimum absolute atomic E-state index is 0.192. The molecule has 8 heteroatoms. The van der Waals surface area contributed by atoms with Crippen molar-refractivity contribution in [3.05, 3.63) is 106 Å². The Kier molecular flexibility index (Phi) is 6.38. The molecule has 0 unspecified atom stereocenters. The first-order valence-corrected chi connectivity index (χ1v) is 13.5. The number of carbonyl (C=O) groups is 2. The van der Waals surface area contributed by atoms with E-state index < -0.39 is 5.97 Å². The number of nitrogens with zero attached hydrogens (tertiary/aromatic N) is 1. The number of benzene rings is 3. The third-order valence-corrected chi connectivity index (χ3v) is 7.92. The van der Waals surface area contributed by atoms with Crippen molar-refractivity contribution >= 4 is 61.5 Å². The van der Waals surface area contributed by atoms with Crippen molar-refractivity contribution in [2.24, 2.45) is 0 Å². The van der Waals surface area contributed by atoms with Gasteiger partial charge in [0.25, 0.3) is 0 Å². The van der Waals surface area contributed by atoms with E-state index in [9.17, 15) is 9.59 Å². The molecule has 0 aliphatic rings. The van der Waals surface area contributed by atoms with Crippen molar-refractivity contribution in [2.75, 3.05) is 12.3 Å². The van der Waals surface area contributed by atoms with Gasteiger partial charge in [0.1, 0.15) is 9.71 Å². The summed E-state index contributed by atoms with van der Waals surface area (Å²) in [5, 5.41) is 1.99. The minimum atomic E-state index is -0.512. The number of nitrogen functional groups attached to an aromatic ring is 1. The van der Waals surface area contributed by atoms with E-state index in [4.69, 9.17) is 27.1 Å². The average molecular weight is 552 g/mol. The van der Waals surface area contributed by atoms with Gasteiger partial charge in [-0.15, -0.1) is 11.3 Å². The van der Waals surface area contributed by atoms with E-state index in [1.54, 1.807) is 31.2 Å². The highest BCUT2D eigenvalue weighted by Gasteiger charge is 2.30. The van der Waals surface area contributed by atoms with Crippen molar-refractivity contribution in [1.29, 1.82) is 0 Å². The summed E-state index contributed by atoms with van der Waals surface area (Å²) in [6.45, 7) is 1.96. The summed E-state index contributed by atoms with van der Waals surface area (Å²) in [6.07, 6.45) is 1.86. The summed E-state index contributed by atoms with van der Waals surface area (Å²) in [6, 6.07) is 24.0. The maximum Gasteiger partial charge on any atom is 0.341 e. The molecule has 6 nitrogen and oxygen atoms in total. The largest absolute Gasteiger partial charge is 0.462 e. The van der Waals surface area contributed by atoms with Gasteiger partial charge in [-0.2, -0.15) is 0 Å². The average Bonchev–Trinajstić information content (AvgIpc) is 3.54. The zero-order valence-corrected chi connectivity index (χ0v) is 22.4. The van der Waals surface area contributed by atoms with Crippen LogP contribution in [0, 0.1) is 0 Å². The Morgan fingerprint density at radius 3 is 2.46 bits per heavy atom. The lowest BCUT2D eigenvalue weighted by Gasteiger charge is -2.15. The number of ether oxygens (including phenoxy) is 1. The summed E-state index contributed by atoms with van der Waals surface area (Å²) in [5.74, 6) is -0.752. The van der Waals surface area contributed by atoms with Crippen molar-refractivity contribution in [3.8, 4) is 22.4 Å². The van der Waals surface area contributed by atoms with Crippen LogP contribution in [0.1, 0.15) is 32.5 Å². The van der Waals surface area contributed by atoms with E-state index in [2.05, 4.69) is 4.98 Å². The first-order chi connectivity index (χ1) is 19.0. The van der Waals surface area contributed by atoms with Crippen molar-refractivity contribution in [2.45, 2.75) is 6.92 Å². The van der Waals surface area contributed by atoms with E-state index >= 15 is 0 Å². The Morgan fingerprint density at radius 1 is 1.00 bits per heavy atom. The number of halogens is 1. The van der Waals surface area contributed by atoms with Gasteiger partial charge in [0.2, 0.25) is 5.78 Å². The van der Waals surface area contributed by atoms with Crippen molar-refractivity contribution < 1.29 is 14.3 Å². The molecule has 3 heterocycles. The van der Waals surface area contributed by atoms with E-state index in [1.165, 1.54) is 11.3 Å². The van der Waals surface area contributed by atoms with Gasteiger partial charge in [0, 0.05) is 49.8 Å². The van der Waals surface area contributed by atoms with Crippen LogP contribution in [-0.2, 0) is 4.74 Å². The fraction of sp³-hybridized carbons (Fsp3) is 0.0645. The zero-order valence-electron chi connectivity index (χ0n) is 20.8. The van der Waals surface area contributed by atoms with Crippen LogP contribution in [-0.4, -0.2) is 28.3 Å². The molecule has 0 aliphatic carbocycles. The van der Waals surface area contributed by atoms with Crippen LogP contribution in [0.3, 0.4) is 0 Å². The Bertz CT molecular complexity index is 1880. The number of aromatic amines is 1. The van der Waals surface area contributed by atoms with E-state index in [1.807, 2.05) is 60.8 Å². The summed E-state index contributed by atoms with van der Waals surface area (Å²) in [4.78, 5) is 36.4. The molecule has 0 aliphatic heterocycles. The molecule has 3 aromatic carbocycles. The second-order valence-electron chi connectivity index (χ2n) is 8.91. The second-order valence-corrected chi connectivity index (χ2v) is 10.3. The first kappa shape index (κ1) is 24.9. The van der Waals surface area contributed by atoms with E-state index in [0.717, 1.165) is 22.0 Å². The molecule has 0 bridgehead atoms. The van der Waals surface area contributed by atoms with Crippen LogP contribution in [0.25, 0.3) is 43.5 Å². The molecule has 0 fully saturated rings. The number of fused-ring (bicyclic) bond motifs is 2. The van der Waals surface area contributed by atoms with Crippen LogP contribution in [0.15, 0.2) is 85.1 Å². The van der Waals surface area contributed by atoms with Gasteiger partial charge in [0.15, 0.2) is 0 Å². The number of hydrogen-bond donors (Lipinski definition) is 2. The number of ketones is 1. The van der Waals surface area contributed by atoms with Crippen LogP contribution in [0.5, 0.6) is 0 Å². The van der Waals surface area contributed by atoms with Gasteiger partial charge in [0.05, 0.1) is 23.6 Å². The molecule has 6 rings (SSSR count).